The molecule has 0 aromatic heterocycles. The van der Waals surface area contributed by atoms with Gasteiger partial charge in [0.2, 0.25) is 0 Å². The number of hydrogen-bond acceptors (Lipinski definition) is 3. The lowest BCUT2D eigenvalue weighted by atomic mass is 9.77. The highest BCUT2D eigenvalue weighted by atomic mass is 35.5. The minimum Gasteiger partial charge on any atom is -0.412 e. The summed E-state index contributed by atoms with van der Waals surface area (Å²) in [6.07, 6.45) is 0.581. The molecule has 3 nitrogen and oxygen atoms in total. The maximum atomic E-state index is 14.1. The van der Waals surface area contributed by atoms with Gasteiger partial charge < -0.3 is 9.05 Å². The van der Waals surface area contributed by atoms with Crippen LogP contribution in [0, 0.1) is 13.8 Å². The fraction of sp³-hybridized carbons (Fsp3) is 0.217. The topological polar surface area (TPSA) is 35.5 Å². The second kappa shape index (κ2) is 6.54. The van der Waals surface area contributed by atoms with Crippen LogP contribution < -0.4 is 14.4 Å². The van der Waals surface area contributed by atoms with Gasteiger partial charge in [-0.3, -0.25) is 0 Å². The zero-order chi connectivity index (χ0) is 20.5. The maximum Gasteiger partial charge on any atom is 0.462 e. The van der Waals surface area contributed by atoms with E-state index in [-0.39, 0.29) is 5.92 Å². The van der Waals surface area contributed by atoms with Crippen molar-refractivity contribution in [2.24, 2.45) is 0 Å². The molecule has 0 saturated carbocycles. The van der Waals surface area contributed by atoms with Crippen molar-refractivity contribution in [1.82, 2.24) is 0 Å². The minimum absolute atomic E-state index is 0.0196. The normalized spacial score (nSPS) is 16.4. The summed E-state index contributed by atoms with van der Waals surface area (Å²) < 4.78 is 26.6. The molecule has 0 atom stereocenters. The van der Waals surface area contributed by atoms with Gasteiger partial charge in [0.25, 0.3) is 0 Å². The third-order valence-electron chi connectivity index (χ3n) is 5.83. The molecule has 5 rings (SSSR count). The third-order valence-corrected chi connectivity index (χ3v) is 8.23. The Hall–Kier alpha value is -1.93. The van der Waals surface area contributed by atoms with Gasteiger partial charge >= 0.3 is 7.60 Å². The van der Waals surface area contributed by atoms with E-state index in [1.807, 2.05) is 44.2 Å². The molecule has 1 heterocycles. The molecule has 0 amide bonds. The van der Waals surface area contributed by atoms with E-state index < -0.39 is 7.60 Å². The average molecular weight is 445 g/mol. The minimum atomic E-state index is -3.68. The summed E-state index contributed by atoms with van der Waals surface area (Å²) in [4.78, 5) is 0. The second-order valence-corrected chi connectivity index (χ2v) is 10.4. The van der Waals surface area contributed by atoms with Gasteiger partial charge in [-0.2, -0.15) is 0 Å². The summed E-state index contributed by atoms with van der Waals surface area (Å²) in [5, 5.41) is 1.87. The van der Waals surface area contributed by atoms with Crippen LogP contribution in [0.5, 0.6) is 11.5 Å². The van der Waals surface area contributed by atoms with Crippen LogP contribution in [-0.4, -0.2) is 0 Å². The van der Waals surface area contributed by atoms with Gasteiger partial charge in [-0.15, -0.1) is 0 Å². The van der Waals surface area contributed by atoms with Crippen LogP contribution in [0.2, 0.25) is 10.0 Å². The summed E-state index contributed by atoms with van der Waals surface area (Å²) in [5.74, 6) is 1.17. The number of aryl methyl sites for hydroxylation is 2. The maximum absolute atomic E-state index is 14.1. The van der Waals surface area contributed by atoms with E-state index in [2.05, 4.69) is 6.92 Å². The molecule has 0 saturated heterocycles. The quantitative estimate of drug-likeness (QED) is 0.380. The van der Waals surface area contributed by atoms with Gasteiger partial charge in [-0.1, -0.05) is 48.3 Å². The van der Waals surface area contributed by atoms with E-state index in [9.17, 15) is 4.57 Å². The van der Waals surface area contributed by atoms with Gasteiger partial charge in [-0.05, 0) is 60.4 Å². The molecular formula is C23H19Cl2O3P. The van der Waals surface area contributed by atoms with Crippen LogP contribution in [0.25, 0.3) is 0 Å². The van der Waals surface area contributed by atoms with Crippen molar-refractivity contribution >= 4 is 36.1 Å². The number of benzene rings is 3. The molecule has 0 unspecified atom stereocenters. The van der Waals surface area contributed by atoms with E-state index in [0.29, 0.717) is 33.3 Å². The lowest BCUT2D eigenvalue weighted by Crippen LogP contribution is -2.23. The first-order valence-corrected chi connectivity index (χ1v) is 11.8. The molecule has 0 radical (unpaired) electrons. The fourth-order valence-electron chi connectivity index (χ4n) is 4.51. The smallest absolute Gasteiger partial charge is 0.412 e. The Balaban J connectivity index is 1.89. The highest BCUT2D eigenvalue weighted by Crippen LogP contribution is 2.58. The second-order valence-electron chi connectivity index (χ2n) is 7.71. The van der Waals surface area contributed by atoms with E-state index in [1.165, 1.54) is 0 Å². The molecule has 2 aliphatic rings. The monoisotopic (exact) mass is 444 g/mol. The Morgan fingerprint density at radius 2 is 1.38 bits per heavy atom. The van der Waals surface area contributed by atoms with Crippen molar-refractivity contribution < 1.29 is 13.6 Å². The molecule has 1 aliphatic heterocycles. The SMILES string of the molecule is Cc1cc(Cl)c2c3c1OP(=O)(c1ccccc1)Oc1c(C)cc(Cl)c(c1C3)C2C. The van der Waals surface area contributed by atoms with Crippen molar-refractivity contribution in [2.45, 2.75) is 33.1 Å². The van der Waals surface area contributed by atoms with Gasteiger partial charge in [-0.25, -0.2) is 4.57 Å². The molecule has 0 spiro atoms. The summed E-state index contributed by atoms with van der Waals surface area (Å²) in [5.41, 5.74) is 5.59. The Labute approximate surface area is 180 Å². The largest absolute Gasteiger partial charge is 0.462 e. The van der Waals surface area contributed by atoms with Gasteiger partial charge in [0.1, 0.15) is 11.5 Å². The molecule has 0 N–H and O–H groups in total. The first-order chi connectivity index (χ1) is 13.8. The number of hydrogen-bond donors (Lipinski definition) is 0. The first kappa shape index (κ1) is 19.1. The van der Waals surface area contributed by atoms with Crippen molar-refractivity contribution in [3.8, 4) is 11.5 Å². The molecule has 3 aromatic rings. The molecular weight excluding hydrogens is 426 g/mol. The van der Waals surface area contributed by atoms with Crippen molar-refractivity contribution in [3.63, 3.8) is 0 Å². The highest BCUT2D eigenvalue weighted by molar-refractivity contribution is 7.63. The summed E-state index contributed by atoms with van der Waals surface area (Å²) in [6.45, 7) is 5.93. The van der Waals surface area contributed by atoms with Gasteiger partial charge in [0.05, 0.1) is 5.30 Å². The lowest BCUT2D eigenvalue weighted by Gasteiger charge is -2.35. The number of rotatable bonds is 1. The molecule has 0 fully saturated rings. The Morgan fingerprint density at radius 3 is 1.86 bits per heavy atom. The summed E-state index contributed by atoms with van der Waals surface area (Å²) >= 11 is 13.3. The predicted molar refractivity (Wildman–Crippen MR) is 118 cm³/mol. The molecule has 1 aliphatic carbocycles. The Bertz CT molecular complexity index is 1150. The molecule has 148 valence electrons. The van der Waals surface area contributed by atoms with Crippen LogP contribution in [0.3, 0.4) is 0 Å². The van der Waals surface area contributed by atoms with E-state index >= 15 is 0 Å². The van der Waals surface area contributed by atoms with Gasteiger partial charge in [0.15, 0.2) is 0 Å². The van der Waals surface area contributed by atoms with Crippen LogP contribution in [-0.2, 0) is 11.0 Å². The molecule has 6 heteroatoms. The zero-order valence-corrected chi connectivity index (χ0v) is 18.7. The van der Waals surface area contributed by atoms with Crippen LogP contribution in [0.4, 0.5) is 0 Å². The summed E-state index contributed by atoms with van der Waals surface area (Å²) in [7, 11) is -3.68. The molecule has 3 aromatic carbocycles. The fourth-order valence-corrected chi connectivity index (χ4v) is 7.17. The Kier molecular flexibility index (Phi) is 4.30. The van der Waals surface area contributed by atoms with Crippen molar-refractivity contribution in [3.05, 3.63) is 85.9 Å². The summed E-state index contributed by atoms with van der Waals surface area (Å²) in [6, 6.07) is 12.8. The highest BCUT2D eigenvalue weighted by Gasteiger charge is 2.41. The molecule has 29 heavy (non-hydrogen) atoms. The molecule has 2 bridgehead atoms. The standard InChI is InChI=1S/C23H19Cl2O3P/c1-12-9-18(24)20-14(3)21-17-11-16(20)22(12)27-29(26,15-7-5-4-6-8-15)28-23(17)13(2)10-19(21)25/h4-10,14H,11H2,1-3H3. The van der Waals surface area contributed by atoms with Crippen LogP contribution in [0.1, 0.15) is 46.2 Å². The zero-order valence-electron chi connectivity index (χ0n) is 16.3. The van der Waals surface area contributed by atoms with Crippen molar-refractivity contribution in [2.75, 3.05) is 0 Å². The third kappa shape index (κ3) is 2.75. The average Bonchev–Trinajstić information content (AvgIpc) is 2.67. The van der Waals surface area contributed by atoms with Crippen LogP contribution >= 0.6 is 30.8 Å². The van der Waals surface area contributed by atoms with Gasteiger partial charge in [0, 0.05) is 33.5 Å². The first-order valence-electron chi connectivity index (χ1n) is 9.48. The Morgan fingerprint density at radius 1 is 0.897 bits per heavy atom. The van der Waals surface area contributed by atoms with E-state index in [1.54, 1.807) is 12.1 Å². The van der Waals surface area contributed by atoms with Crippen molar-refractivity contribution in [1.29, 1.82) is 0 Å². The lowest BCUT2D eigenvalue weighted by molar-refractivity contribution is 0.388. The van der Waals surface area contributed by atoms with E-state index in [4.69, 9.17) is 32.2 Å². The van der Waals surface area contributed by atoms with Crippen LogP contribution in [0.15, 0.2) is 42.5 Å². The number of halogens is 2. The predicted octanol–water partition coefficient (Wildman–Crippen LogP) is 6.96. The van der Waals surface area contributed by atoms with E-state index in [0.717, 1.165) is 33.4 Å².